The number of benzene rings is 1. The topological polar surface area (TPSA) is 59.3 Å². The molecule has 0 radical (unpaired) electrons. The lowest BCUT2D eigenvalue weighted by molar-refractivity contribution is 0.0937. The van der Waals surface area contributed by atoms with Crippen molar-refractivity contribution in [2.75, 3.05) is 0 Å². The van der Waals surface area contributed by atoms with Crippen molar-refractivity contribution in [3.63, 3.8) is 0 Å². The molecule has 6 heteroatoms. The van der Waals surface area contributed by atoms with Gasteiger partial charge in [0, 0.05) is 17.3 Å². The van der Waals surface area contributed by atoms with Gasteiger partial charge >= 0.3 is 0 Å². The number of rotatable bonds is 4. The third-order valence-electron chi connectivity index (χ3n) is 4.67. The van der Waals surface area contributed by atoms with Gasteiger partial charge in [-0.2, -0.15) is 5.10 Å². The van der Waals surface area contributed by atoms with Gasteiger partial charge in [-0.15, -0.1) is 0 Å². The van der Waals surface area contributed by atoms with Crippen LogP contribution in [-0.2, 0) is 0 Å². The Kier molecular flexibility index (Phi) is 3.75. The normalized spacial score (nSPS) is 15.3. The molecule has 1 atom stereocenters. The van der Waals surface area contributed by atoms with Crippen molar-refractivity contribution < 1.29 is 9.18 Å². The van der Waals surface area contributed by atoms with Gasteiger partial charge in [0.15, 0.2) is 5.65 Å². The highest BCUT2D eigenvalue weighted by atomic mass is 19.1. The Hall–Kier alpha value is -2.76. The Morgan fingerprint density at radius 2 is 2.04 bits per heavy atom. The van der Waals surface area contributed by atoms with Gasteiger partial charge in [-0.25, -0.2) is 13.9 Å². The number of fused-ring (bicyclic) bond motifs is 1. The number of carbonyl (C=O) groups is 1. The maximum absolute atomic E-state index is 13.2. The number of aromatic nitrogens is 3. The lowest BCUT2D eigenvalue weighted by Gasteiger charge is -2.12. The maximum atomic E-state index is 13.2. The zero-order valence-electron chi connectivity index (χ0n) is 14.2. The molecule has 1 aromatic carbocycles. The first-order valence-corrected chi connectivity index (χ1v) is 8.45. The van der Waals surface area contributed by atoms with Crippen molar-refractivity contribution >= 4 is 11.6 Å². The van der Waals surface area contributed by atoms with Crippen molar-refractivity contribution in [3.8, 4) is 11.3 Å². The SMILES string of the molecule is Cc1cc(-c2ccc(F)cc2)n2ncc(C(=O)NC(C)C3CC3)c2n1. The van der Waals surface area contributed by atoms with E-state index in [1.807, 2.05) is 19.9 Å². The zero-order valence-corrected chi connectivity index (χ0v) is 14.2. The van der Waals surface area contributed by atoms with E-state index in [4.69, 9.17) is 0 Å². The standard InChI is InChI=1S/C19H19FN4O/c1-11-9-17(14-5-7-15(20)8-6-14)24-18(22-11)16(10-21-24)19(25)23-12(2)13-3-4-13/h5-10,12-13H,3-4H2,1-2H3,(H,23,25). The predicted octanol–water partition coefficient (Wildman–Crippen LogP) is 3.37. The molecule has 0 bridgehead atoms. The van der Waals surface area contributed by atoms with Gasteiger partial charge < -0.3 is 5.32 Å². The fraction of sp³-hybridized carbons (Fsp3) is 0.316. The summed E-state index contributed by atoms with van der Waals surface area (Å²) in [4.78, 5) is 17.1. The second-order valence-electron chi connectivity index (χ2n) is 6.68. The van der Waals surface area contributed by atoms with Crippen molar-refractivity contribution in [2.24, 2.45) is 5.92 Å². The van der Waals surface area contributed by atoms with Gasteiger partial charge in [0.2, 0.25) is 0 Å². The molecule has 1 N–H and O–H groups in total. The van der Waals surface area contributed by atoms with Crippen molar-refractivity contribution in [1.29, 1.82) is 0 Å². The summed E-state index contributed by atoms with van der Waals surface area (Å²) in [7, 11) is 0. The lowest BCUT2D eigenvalue weighted by atomic mass is 10.1. The third kappa shape index (κ3) is 2.99. The molecule has 1 unspecified atom stereocenters. The van der Waals surface area contributed by atoms with E-state index in [0.717, 1.165) is 17.0 Å². The first kappa shape index (κ1) is 15.7. The molecule has 5 nitrogen and oxygen atoms in total. The minimum atomic E-state index is -0.291. The van der Waals surface area contributed by atoms with Crippen LogP contribution in [-0.4, -0.2) is 26.5 Å². The van der Waals surface area contributed by atoms with Crippen molar-refractivity contribution in [1.82, 2.24) is 19.9 Å². The summed E-state index contributed by atoms with van der Waals surface area (Å²) in [5, 5.41) is 7.39. The van der Waals surface area contributed by atoms with Crippen LogP contribution in [0.2, 0.25) is 0 Å². The highest BCUT2D eigenvalue weighted by Crippen LogP contribution is 2.32. The minimum Gasteiger partial charge on any atom is -0.349 e. The van der Waals surface area contributed by atoms with Crippen LogP contribution in [0.15, 0.2) is 36.5 Å². The molecule has 25 heavy (non-hydrogen) atoms. The Labute approximate surface area is 144 Å². The molecule has 1 saturated carbocycles. The van der Waals surface area contributed by atoms with Crippen LogP contribution in [0, 0.1) is 18.7 Å². The smallest absolute Gasteiger partial charge is 0.256 e. The Balaban J connectivity index is 1.75. The fourth-order valence-corrected chi connectivity index (χ4v) is 3.07. The molecule has 2 aromatic heterocycles. The van der Waals surface area contributed by atoms with E-state index < -0.39 is 0 Å². The number of carbonyl (C=O) groups excluding carboxylic acids is 1. The molecule has 1 fully saturated rings. The van der Waals surface area contributed by atoms with Crippen LogP contribution in [0.1, 0.15) is 35.8 Å². The highest BCUT2D eigenvalue weighted by Gasteiger charge is 2.30. The molecule has 0 saturated heterocycles. The van der Waals surface area contributed by atoms with Crippen LogP contribution in [0.4, 0.5) is 4.39 Å². The van der Waals surface area contributed by atoms with Gasteiger partial charge in [0.05, 0.1) is 11.9 Å². The van der Waals surface area contributed by atoms with E-state index in [1.165, 1.54) is 25.0 Å². The third-order valence-corrected chi connectivity index (χ3v) is 4.67. The highest BCUT2D eigenvalue weighted by molar-refractivity contribution is 6.00. The van der Waals surface area contributed by atoms with Gasteiger partial charge in [-0.1, -0.05) is 0 Å². The van der Waals surface area contributed by atoms with Gasteiger partial charge in [0.1, 0.15) is 11.4 Å². The van der Waals surface area contributed by atoms with Crippen LogP contribution in [0.5, 0.6) is 0 Å². The molecule has 3 aromatic rings. The molecule has 0 spiro atoms. The van der Waals surface area contributed by atoms with Crippen LogP contribution >= 0.6 is 0 Å². The molecular formula is C19H19FN4O. The van der Waals surface area contributed by atoms with E-state index >= 15 is 0 Å². The molecule has 1 aliphatic rings. The van der Waals surface area contributed by atoms with E-state index in [-0.39, 0.29) is 17.8 Å². The second-order valence-corrected chi connectivity index (χ2v) is 6.68. The number of halogens is 1. The summed E-state index contributed by atoms with van der Waals surface area (Å²) in [6, 6.07) is 8.24. The van der Waals surface area contributed by atoms with E-state index in [2.05, 4.69) is 15.4 Å². The summed E-state index contributed by atoms with van der Waals surface area (Å²) in [5.74, 6) is 0.133. The summed E-state index contributed by atoms with van der Waals surface area (Å²) in [6.07, 6.45) is 3.88. The summed E-state index contributed by atoms with van der Waals surface area (Å²) in [6.45, 7) is 3.90. The predicted molar refractivity (Wildman–Crippen MR) is 92.8 cm³/mol. The monoisotopic (exact) mass is 338 g/mol. The number of nitrogens with one attached hydrogen (secondary N) is 1. The Morgan fingerprint density at radius 1 is 1.32 bits per heavy atom. The summed E-state index contributed by atoms with van der Waals surface area (Å²) >= 11 is 0. The van der Waals surface area contributed by atoms with E-state index in [0.29, 0.717) is 17.1 Å². The maximum Gasteiger partial charge on any atom is 0.256 e. The van der Waals surface area contributed by atoms with Crippen molar-refractivity contribution in [2.45, 2.75) is 32.7 Å². The van der Waals surface area contributed by atoms with Crippen LogP contribution < -0.4 is 5.32 Å². The van der Waals surface area contributed by atoms with Crippen LogP contribution in [0.3, 0.4) is 0 Å². The quantitative estimate of drug-likeness (QED) is 0.793. The lowest BCUT2D eigenvalue weighted by Crippen LogP contribution is -2.34. The zero-order chi connectivity index (χ0) is 17.6. The molecular weight excluding hydrogens is 319 g/mol. The van der Waals surface area contributed by atoms with Gasteiger partial charge in [-0.05, 0) is 62.9 Å². The molecule has 128 valence electrons. The van der Waals surface area contributed by atoms with E-state index in [9.17, 15) is 9.18 Å². The summed E-state index contributed by atoms with van der Waals surface area (Å²) < 4.78 is 14.8. The minimum absolute atomic E-state index is 0.155. The first-order chi connectivity index (χ1) is 12.0. The Bertz CT molecular complexity index is 944. The van der Waals surface area contributed by atoms with E-state index in [1.54, 1.807) is 22.8 Å². The van der Waals surface area contributed by atoms with Crippen molar-refractivity contribution in [3.05, 3.63) is 53.6 Å². The summed E-state index contributed by atoms with van der Waals surface area (Å²) in [5.41, 5.74) is 3.34. The van der Waals surface area contributed by atoms with Crippen LogP contribution in [0.25, 0.3) is 16.9 Å². The first-order valence-electron chi connectivity index (χ1n) is 8.45. The van der Waals surface area contributed by atoms with Gasteiger partial charge in [-0.3, -0.25) is 4.79 Å². The Morgan fingerprint density at radius 3 is 2.72 bits per heavy atom. The molecule has 2 heterocycles. The number of nitrogens with zero attached hydrogens (tertiary/aromatic N) is 3. The number of amides is 1. The van der Waals surface area contributed by atoms with Gasteiger partial charge in [0.25, 0.3) is 5.91 Å². The number of hydrogen-bond acceptors (Lipinski definition) is 3. The fourth-order valence-electron chi connectivity index (χ4n) is 3.07. The molecule has 1 amide bonds. The molecule has 1 aliphatic carbocycles. The average Bonchev–Trinajstić information content (AvgIpc) is 3.35. The second kappa shape index (κ2) is 5.95. The molecule has 0 aliphatic heterocycles. The number of hydrogen-bond donors (Lipinski definition) is 1. The number of aryl methyl sites for hydroxylation is 1. The largest absolute Gasteiger partial charge is 0.349 e. The molecule has 4 rings (SSSR count). The average molecular weight is 338 g/mol.